The zero-order valence-corrected chi connectivity index (χ0v) is 14.2. The smallest absolute Gasteiger partial charge is 0.266 e. The molecular formula is C15H21ClN4O2. The van der Waals surface area contributed by atoms with E-state index in [1.165, 1.54) is 4.85 Å². The van der Waals surface area contributed by atoms with Gasteiger partial charge in [-0.1, -0.05) is 16.4 Å². The monoisotopic (exact) mass is 324 g/mol. The Morgan fingerprint density at radius 1 is 1.23 bits per heavy atom. The lowest BCUT2D eigenvalue weighted by Gasteiger charge is -2.32. The summed E-state index contributed by atoms with van der Waals surface area (Å²) < 4.78 is 0. The van der Waals surface area contributed by atoms with Gasteiger partial charge in [0.2, 0.25) is 6.10 Å². The van der Waals surface area contributed by atoms with Crippen molar-refractivity contribution in [3.63, 3.8) is 0 Å². The second-order valence-electron chi connectivity index (χ2n) is 5.78. The average Bonchev–Trinajstić information content (AvgIpc) is 2.80. The second kappa shape index (κ2) is 6.52. The number of aromatic nitrogens is 3. The predicted octanol–water partition coefficient (Wildman–Crippen LogP) is 2.55. The minimum atomic E-state index is -0.673. The van der Waals surface area contributed by atoms with E-state index in [-0.39, 0.29) is 18.0 Å². The summed E-state index contributed by atoms with van der Waals surface area (Å²) in [6, 6.07) is 5.39. The lowest BCUT2D eigenvalue weighted by atomic mass is 10.2. The van der Waals surface area contributed by atoms with Gasteiger partial charge in [-0.25, -0.2) is 0 Å². The highest BCUT2D eigenvalue weighted by molar-refractivity contribution is 6.31. The number of amides is 1. The highest BCUT2D eigenvalue weighted by Gasteiger charge is 2.27. The van der Waals surface area contributed by atoms with Crippen molar-refractivity contribution in [1.82, 2.24) is 20.1 Å². The topological polar surface area (TPSA) is 60.2 Å². The van der Waals surface area contributed by atoms with Crippen LogP contribution in [0.5, 0.6) is 0 Å². The molecule has 0 spiro atoms. The minimum absolute atomic E-state index is 0.0873. The molecule has 0 aliphatic heterocycles. The van der Waals surface area contributed by atoms with E-state index in [1.54, 1.807) is 30.0 Å². The van der Waals surface area contributed by atoms with E-state index < -0.39 is 6.10 Å². The molecule has 1 amide bonds. The van der Waals surface area contributed by atoms with Crippen LogP contribution >= 0.6 is 11.6 Å². The van der Waals surface area contributed by atoms with Crippen molar-refractivity contribution in [3.05, 3.63) is 23.2 Å². The van der Waals surface area contributed by atoms with Crippen LogP contribution < -0.4 is 4.84 Å². The molecule has 1 unspecified atom stereocenters. The molecule has 0 aliphatic carbocycles. The van der Waals surface area contributed by atoms with Gasteiger partial charge in [-0.3, -0.25) is 4.79 Å². The molecule has 0 saturated heterocycles. The van der Waals surface area contributed by atoms with Crippen molar-refractivity contribution in [2.45, 2.75) is 52.8 Å². The number of rotatable bonds is 5. The molecule has 1 aromatic carbocycles. The van der Waals surface area contributed by atoms with E-state index >= 15 is 0 Å². The molecule has 0 radical (unpaired) electrons. The zero-order chi connectivity index (χ0) is 16.4. The Bertz CT molecular complexity index is 661. The van der Waals surface area contributed by atoms with Crippen molar-refractivity contribution in [3.8, 4) is 0 Å². The lowest BCUT2D eigenvalue weighted by molar-refractivity contribution is -0.147. The molecule has 120 valence electrons. The minimum Gasteiger partial charge on any atom is -0.382 e. The number of hydrogen-bond acceptors (Lipinski definition) is 4. The Morgan fingerprint density at radius 2 is 1.86 bits per heavy atom. The quantitative estimate of drug-likeness (QED) is 0.848. The summed E-state index contributed by atoms with van der Waals surface area (Å²) >= 11 is 5.98. The Hall–Kier alpha value is -1.82. The molecule has 2 rings (SSSR count). The van der Waals surface area contributed by atoms with Crippen molar-refractivity contribution in [2.75, 3.05) is 0 Å². The zero-order valence-electron chi connectivity index (χ0n) is 13.4. The fourth-order valence-electron chi connectivity index (χ4n) is 2.46. The molecule has 1 atom stereocenters. The molecule has 1 aromatic heterocycles. The van der Waals surface area contributed by atoms with E-state index in [2.05, 4.69) is 10.3 Å². The molecule has 6 nitrogen and oxygen atoms in total. The van der Waals surface area contributed by atoms with Gasteiger partial charge in [0.25, 0.3) is 5.91 Å². The van der Waals surface area contributed by atoms with E-state index in [0.717, 1.165) is 0 Å². The Balaban J connectivity index is 2.21. The molecular weight excluding hydrogens is 304 g/mol. The van der Waals surface area contributed by atoms with Crippen LogP contribution in [0.2, 0.25) is 5.02 Å². The predicted molar refractivity (Wildman–Crippen MR) is 85.7 cm³/mol. The summed E-state index contributed by atoms with van der Waals surface area (Å²) in [5.74, 6) is -0.0873. The number of fused-ring (bicyclic) bond motifs is 1. The summed E-state index contributed by atoms with van der Waals surface area (Å²) in [5, 5.41) is 8.47. The van der Waals surface area contributed by atoms with Crippen LogP contribution in [0.15, 0.2) is 18.2 Å². The maximum absolute atomic E-state index is 12.6. The van der Waals surface area contributed by atoms with Crippen molar-refractivity contribution >= 4 is 28.5 Å². The van der Waals surface area contributed by atoms with Crippen LogP contribution in [0.25, 0.3) is 11.0 Å². The molecule has 0 aliphatic rings. The number of halogens is 1. The Morgan fingerprint density at radius 3 is 2.45 bits per heavy atom. The van der Waals surface area contributed by atoms with Gasteiger partial charge in [0.15, 0.2) is 0 Å². The van der Waals surface area contributed by atoms with Gasteiger partial charge in [0, 0.05) is 17.1 Å². The standard InChI is InChI=1S/C15H21ClN4O2/c1-9(2)19(10(3)4)15(21)11(5)22-20-14-8-12(16)6-7-13(14)17-18-20/h6-11H,1-5H3. The number of benzene rings is 1. The largest absolute Gasteiger partial charge is 0.382 e. The van der Waals surface area contributed by atoms with Crippen LogP contribution in [0.4, 0.5) is 0 Å². The van der Waals surface area contributed by atoms with Crippen molar-refractivity contribution < 1.29 is 9.63 Å². The van der Waals surface area contributed by atoms with E-state index in [1.807, 2.05) is 27.7 Å². The van der Waals surface area contributed by atoms with Crippen LogP contribution in [-0.2, 0) is 4.79 Å². The van der Waals surface area contributed by atoms with Crippen molar-refractivity contribution in [1.29, 1.82) is 0 Å². The number of carbonyl (C=O) groups excluding carboxylic acids is 1. The summed E-state index contributed by atoms with van der Waals surface area (Å²) in [7, 11) is 0. The summed E-state index contributed by atoms with van der Waals surface area (Å²) in [6.07, 6.45) is -0.673. The maximum atomic E-state index is 12.6. The SMILES string of the molecule is CC(On1nnc2ccc(Cl)cc21)C(=O)N(C(C)C)C(C)C. The molecule has 1 heterocycles. The van der Waals surface area contributed by atoms with Gasteiger partial charge in [-0.05, 0) is 58.0 Å². The molecule has 2 aromatic rings. The Kier molecular flexibility index (Phi) is 4.90. The van der Waals surface area contributed by atoms with Crippen molar-refractivity contribution in [2.24, 2.45) is 0 Å². The average molecular weight is 325 g/mol. The first-order valence-electron chi connectivity index (χ1n) is 7.31. The van der Waals surface area contributed by atoms with Gasteiger partial charge in [0.1, 0.15) is 11.0 Å². The van der Waals surface area contributed by atoms with Gasteiger partial charge in [-0.15, -0.1) is 5.10 Å². The second-order valence-corrected chi connectivity index (χ2v) is 6.21. The highest BCUT2D eigenvalue weighted by atomic mass is 35.5. The fraction of sp³-hybridized carbons (Fsp3) is 0.533. The highest BCUT2D eigenvalue weighted by Crippen LogP contribution is 2.17. The summed E-state index contributed by atoms with van der Waals surface area (Å²) in [4.78, 5) is 21.3. The fourth-order valence-corrected chi connectivity index (χ4v) is 2.63. The van der Waals surface area contributed by atoms with Crippen LogP contribution in [-0.4, -0.2) is 44.2 Å². The first-order valence-corrected chi connectivity index (χ1v) is 7.69. The van der Waals surface area contributed by atoms with E-state index in [4.69, 9.17) is 16.4 Å². The van der Waals surface area contributed by atoms with Gasteiger partial charge in [-0.2, -0.15) is 0 Å². The lowest BCUT2D eigenvalue weighted by Crippen LogP contribution is -2.49. The molecule has 0 N–H and O–H groups in total. The van der Waals surface area contributed by atoms with Gasteiger partial charge < -0.3 is 9.74 Å². The number of nitrogens with zero attached hydrogens (tertiary/aromatic N) is 4. The van der Waals surface area contributed by atoms with Gasteiger partial charge >= 0.3 is 0 Å². The number of carbonyl (C=O) groups is 1. The molecule has 22 heavy (non-hydrogen) atoms. The normalized spacial score (nSPS) is 12.9. The van der Waals surface area contributed by atoms with E-state index in [0.29, 0.717) is 16.1 Å². The van der Waals surface area contributed by atoms with Crippen LogP contribution in [0.3, 0.4) is 0 Å². The molecule has 0 bridgehead atoms. The molecule has 0 fully saturated rings. The summed E-state index contributed by atoms with van der Waals surface area (Å²) in [5.41, 5.74) is 1.29. The molecule has 7 heteroatoms. The van der Waals surface area contributed by atoms with Crippen LogP contribution in [0, 0.1) is 0 Å². The van der Waals surface area contributed by atoms with Crippen LogP contribution in [0.1, 0.15) is 34.6 Å². The third kappa shape index (κ3) is 3.32. The molecule has 0 saturated carbocycles. The first kappa shape index (κ1) is 16.5. The number of hydrogen-bond donors (Lipinski definition) is 0. The van der Waals surface area contributed by atoms with Gasteiger partial charge in [0.05, 0.1) is 0 Å². The maximum Gasteiger partial charge on any atom is 0.266 e. The first-order chi connectivity index (χ1) is 10.3. The Labute approximate surface area is 134 Å². The summed E-state index contributed by atoms with van der Waals surface area (Å²) in [6.45, 7) is 9.63. The van der Waals surface area contributed by atoms with E-state index in [9.17, 15) is 4.79 Å². The third-order valence-corrected chi connectivity index (χ3v) is 3.59. The third-order valence-electron chi connectivity index (χ3n) is 3.35.